The van der Waals surface area contributed by atoms with Crippen LogP contribution >= 0.6 is 0 Å². The minimum absolute atomic E-state index is 0.225. The molecule has 0 aliphatic heterocycles. The summed E-state index contributed by atoms with van der Waals surface area (Å²) in [4.78, 5) is 16.0. The van der Waals surface area contributed by atoms with Gasteiger partial charge in [0.05, 0.1) is 0 Å². The molecule has 2 N–H and O–H groups in total. The molecule has 0 radical (unpaired) electrons. The number of nitrogen functional groups attached to an aromatic ring is 1. The van der Waals surface area contributed by atoms with Crippen molar-refractivity contribution in [1.82, 2.24) is 4.98 Å². The average molecular weight is 230 g/mol. The molecule has 0 saturated heterocycles. The molecule has 0 spiro atoms. The van der Waals surface area contributed by atoms with Gasteiger partial charge in [-0.25, -0.2) is 4.98 Å². The van der Waals surface area contributed by atoms with Crippen molar-refractivity contribution in [3.8, 4) is 0 Å². The number of allylic oxidation sites excluding steroid dienone is 2. The highest BCUT2D eigenvalue weighted by Gasteiger charge is 2.16. The van der Waals surface area contributed by atoms with Crippen molar-refractivity contribution in [2.45, 2.75) is 32.6 Å². The monoisotopic (exact) mass is 230 g/mol. The van der Waals surface area contributed by atoms with Crippen LogP contribution in [0.15, 0.2) is 30.0 Å². The Labute approximate surface area is 102 Å². The number of pyridine rings is 1. The fourth-order valence-corrected chi connectivity index (χ4v) is 2.12. The molecule has 90 valence electrons. The Morgan fingerprint density at radius 3 is 3.06 bits per heavy atom. The van der Waals surface area contributed by atoms with Crippen molar-refractivity contribution in [1.29, 1.82) is 0 Å². The number of anilines is 1. The zero-order valence-electron chi connectivity index (χ0n) is 10.1. The number of hydrogen-bond acceptors (Lipinski definition) is 3. The van der Waals surface area contributed by atoms with Crippen LogP contribution in [0.4, 0.5) is 5.82 Å². The first-order valence-electron chi connectivity index (χ1n) is 6.08. The van der Waals surface area contributed by atoms with Gasteiger partial charge in [0.25, 0.3) is 0 Å². The molecule has 1 heterocycles. The highest BCUT2D eigenvalue weighted by Crippen LogP contribution is 2.24. The number of hydrogen-bond donors (Lipinski definition) is 1. The van der Waals surface area contributed by atoms with Gasteiger partial charge in [-0.2, -0.15) is 0 Å². The first-order valence-corrected chi connectivity index (χ1v) is 6.08. The third-order valence-electron chi connectivity index (χ3n) is 3.24. The molecule has 0 amide bonds. The summed E-state index contributed by atoms with van der Waals surface area (Å²) in [5, 5.41) is 0. The molecule has 1 aliphatic carbocycles. The summed E-state index contributed by atoms with van der Waals surface area (Å²) in [6.45, 7) is 2.22. The standard InChI is InChI=1S/C14H18N2O/c1-10-2-4-12(5-3-10)13(17)8-11-6-7-16-14(15)9-11/h4,6-7,9-10H,2-3,5,8H2,1H3,(H2,15,16). The van der Waals surface area contributed by atoms with Crippen molar-refractivity contribution < 1.29 is 4.79 Å². The lowest BCUT2D eigenvalue weighted by Crippen LogP contribution is -2.12. The van der Waals surface area contributed by atoms with E-state index in [1.54, 1.807) is 12.3 Å². The van der Waals surface area contributed by atoms with Gasteiger partial charge in [0, 0.05) is 12.6 Å². The van der Waals surface area contributed by atoms with E-state index in [-0.39, 0.29) is 5.78 Å². The molecule has 0 saturated carbocycles. The molecule has 17 heavy (non-hydrogen) atoms. The van der Waals surface area contributed by atoms with Gasteiger partial charge in [0.15, 0.2) is 5.78 Å². The average Bonchev–Trinajstić information content (AvgIpc) is 2.29. The third kappa shape index (κ3) is 3.16. The maximum Gasteiger partial charge on any atom is 0.162 e. The van der Waals surface area contributed by atoms with Gasteiger partial charge in [0.2, 0.25) is 0 Å². The van der Waals surface area contributed by atoms with Gasteiger partial charge < -0.3 is 5.73 Å². The van der Waals surface area contributed by atoms with E-state index in [0.717, 1.165) is 30.4 Å². The maximum atomic E-state index is 12.1. The normalized spacial score (nSPS) is 19.8. The van der Waals surface area contributed by atoms with Crippen molar-refractivity contribution in [2.75, 3.05) is 5.73 Å². The van der Waals surface area contributed by atoms with E-state index in [2.05, 4.69) is 18.0 Å². The van der Waals surface area contributed by atoms with Crippen molar-refractivity contribution in [3.05, 3.63) is 35.5 Å². The number of nitrogens with zero attached hydrogens (tertiary/aromatic N) is 1. The van der Waals surface area contributed by atoms with Crippen LogP contribution in [0.2, 0.25) is 0 Å². The Hall–Kier alpha value is -1.64. The van der Waals surface area contributed by atoms with E-state index in [1.165, 1.54) is 0 Å². The smallest absolute Gasteiger partial charge is 0.162 e. The summed E-state index contributed by atoms with van der Waals surface area (Å²) in [5.41, 5.74) is 7.52. The van der Waals surface area contributed by atoms with E-state index in [9.17, 15) is 4.79 Å². The number of carbonyl (C=O) groups excluding carboxylic acids is 1. The first kappa shape index (κ1) is 11.8. The summed E-state index contributed by atoms with van der Waals surface area (Å²) in [7, 11) is 0. The number of rotatable bonds is 3. The van der Waals surface area contributed by atoms with Crippen LogP contribution in [-0.4, -0.2) is 10.8 Å². The lowest BCUT2D eigenvalue weighted by Gasteiger charge is -2.17. The van der Waals surface area contributed by atoms with Gasteiger partial charge in [0.1, 0.15) is 5.82 Å². The minimum atomic E-state index is 0.225. The van der Waals surface area contributed by atoms with Crippen LogP contribution in [0, 0.1) is 5.92 Å². The number of aromatic nitrogens is 1. The SMILES string of the molecule is CC1CC=C(C(=O)Cc2ccnc(N)c2)CC1. The highest BCUT2D eigenvalue weighted by molar-refractivity contribution is 5.96. The topological polar surface area (TPSA) is 56.0 Å². The van der Waals surface area contributed by atoms with Gasteiger partial charge in [-0.3, -0.25) is 4.79 Å². The summed E-state index contributed by atoms with van der Waals surface area (Å²) in [6, 6.07) is 3.62. The Morgan fingerprint density at radius 2 is 2.41 bits per heavy atom. The Kier molecular flexibility index (Phi) is 3.57. The van der Waals surface area contributed by atoms with Gasteiger partial charge in [-0.1, -0.05) is 13.0 Å². The molecular weight excluding hydrogens is 212 g/mol. The lowest BCUT2D eigenvalue weighted by atomic mass is 9.88. The van der Waals surface area contributed by atoms with E-state index in [1.807, 2.05) is 6.07 Å². The second-order valence-corrected chi connectivity index (χ2v) is 4.80. The molecule has 1 aliphatic rings. The molecule has 3 heteroatoms. The van der Waals surface area contributed by atoms with Crippen LogP contribution in [0.25, 0.3) is 0 Å². The van der Waals surface area contributed by atoms with Crippen LogP contribution in [0.1, 0.15) is 31.7 Å². The summed E-state index contributed by atoms with van der Waals surface area (Å²) < 4.78 is 0. The van der Waals surface area contributed by atoms with Gasteiger partial charge >= 0.3 is 0 Å². The molecule has 2 rings (SSSR count). The zero-order valence-corrected chi connectivity index (χ0v) is 10.1. The van der Waals surface area contributed by atoms with E-state index < -0.39 is 0 Å². The fourth-order valence-electron chi connectivity index (χ4n) is 2.12. The van der Waals surface area contributed by atoms with Crippen LogP contribution in [-0.2, 0) is 11.2 Å². The molecule has 0 fully saturated rings. The summed E-state index contributed by atoms with van der Waals surface area (Å²) in [5.74, 6) is 1.41. The molecule has 1 aromatic heterocycles. The Balaban J connectivity index is 2.02. The molecule has 0 aromatic carbocycles. The van der Waals surface area contributed by atoms with Crippen LogP contribution in [0.5, 0.6) is 0 Å². The van der Waals surface area contributed by atoms with Gasteiger partial charge in [-0.15, -0.1) is 0 Å². The molecule has 1 atom stereocenters. The predicted molar refractivity (Wildman–Crippen MR) is 68.5 cm³/mol. The predicted octanol–water partition coefficient (Wildman–Crippen LogP) is 2.52. The lowest BCUT2D eigenvalue weighted by molar-refractivity contribution is -0.115. The molecule has 1 unspecified atom stereocenters. The molecule has 3 nitrogen and oxygen atoms in total. The summed E-state index contributed by atoms with van der Waals surface area (Å²) in [6.07, 6.45) is 7.25. The Morgan fingerprint density at radius 1 is 1.59 bits per heavy atom. The van der Waals surface area contributed by atoms with Crippen LogP contribution < -0.4 is 5.73 Å². The van der Waals surface area contributed by atoms with Crippen LogP contribution in [0.3, 0.4) is 0 Å². The first-order chi connectivity index (χ1) is 8.15. The molecule has 0 bridgehead atoms. The number of Topliss-reactive ketones (excluding diaryl/α,β-unsaturated/α-hetero) is 1. The quantitative estimate of drug-likeness (QED) is 0.868. The minimum Gasteiger partial charge on any atom is -0.384 e. The third-order valence-corrected chi connectivity index (χ3v) is 3.24. The maximum absolute atomic E-state index is 12.1. The number of carbonyl (C=O) groups is 1. The summed E-state index contributed by atoms with van der Waals surface area (Å²) >= 11 is 0. The number of ketones is 1. The van der Waals surface area contributed by atoms with Crippen molar-refractivity contribution in [2.24, 2.45) is 5.92 Å². The van der Waals surface area contributed by atoms with Crippen molar-refractivity contribution in [3.63, 3.8) is 0 Å². The van der Waals surface area contributed by atoms with Gasteiger partial charge in [-0.05, 0) is 48.4 Å². The van der Waals surface area contributed by atoms with E-state index in [4.69, 9.17) is 5.73 Å². The molecule has 1 aromatic rings. The Bertz CT molecular complexity index is 451. The molecular formula is C14H18N2O. The van der Waals surface area contributed by atoms with E-state index in [0.29, 0.717) is 18.2 Å². The second kappa shape index (κ2) is 5.13. The second-order valence-electron chi connectivity index (χ2n) is 4.80. The zero-order chi connectivity index (χ0) is 12.3. The highest BCUT2D eigenvalue weighted by atomic mass is 16.1. The fraction of sp³-hybridized carbons (Fsp3) is 0.429. The largest absolute Gasteiger partial charge is 0.384 e. The van der Waals surface area contributed by atoms with Crippen molar-refractivity contribution >= 4 is 11.6 Å². The van der Waals surface area contributed by atoms with E-state index >= 15 is 0 Å². The number of nitrogens with two attached hydrogens (primary N) is 1.